The van der Waals surface area contributed by atoms with Crippen LogP contribution in [0.4, 0.5) is 0 Å². The van der Waals surface area contributed by atoms with Gasteiger partial charge < -0.3 is 9.84 Å². The van der Waals surface area contributed by atoms with Crippen LogP contribution in [-0.2, 0) is 11.3 Å². The molecule has 0 radical (unpaired) electrons. The Hall–Kier alpha value is -2.44. The molecule has 0 saturated heterocycles. The molecular weight excluding hydrogens is 248 g/mol. The monoisotopic (exact) mass is 262 g/mol. The summed E-state index contributed by atoms with van der Waals surface area (Å²) in [5.41, 5.74) is 0.785. The second kappa shape index (κ2) is 5.94. The lowest BCUT2D eigenvalue weighted by Crippen LogP contribution is -2.07. The fraction of sp³-hybridized carbons (Fsp3) is 0.333. The average molecular weight is 262 g/mol. The van der Waals surface area contributed by atoms with Crippen molar-refractivity contribution in [2.45, 2.75) is 19.9 Å². The largest absolute Gasteiger partial charge is 0.494 e. The summed E-state index contributed by atoms with van der Waals surface area (Å²) in [6.07, 6.45) is -0.0330. The van der Waals surface area contributed by atoms with E-state index in [9.17, 15) is 4.79 Å². The third-order valence-electron chi connectivity index (χ3n) is 2.38. The van der Waals surface area contributed by atoms with Crippen molar-refractivity contribution in [1.82, 2.24) is 20.2 Å². The molecule has 0 atom stereocenters. The molecule has 0 aliphatic heterocycles. The minimum absolute atomic E-state index is 0.0330. The van der Waals surface area contributed by atoms with E-state index in [4.69, 9.17) is 9.84 Å². The van der Waals surface area contributed by atoms with Gasteiger partial charge in [0, 0.05) is 5.56 Å². The van der Waals surface area contributed by atoms with Gasteiger partial charge in [-0.05, 0) is 24.3 Å². The number of tetrazole rings is 1. The number of hydrogen-bond donors (Lipinski definition) is 1. The van der Waals surface area contributed by atoms with Crippen molar-refractivity contribution in [1.29, 1.82) is 0 Å². The Labute approximate surface area is 109 Å². The maximum atomic E-state index is 10.5. The first-order chi connectivity index (χ1) is 9.19. The van der Waals surface area contributed by atoms with Gasteiger partial charge in [-0.3, -0.25) is 4.79 Å². The summed E-state index contributed by atoms with van der Waals surface area (Å²) in [5.74, 6) is 0.297. The van der Waals surface area contributed by atoms with E-state index in [0.29, 0.717) is 12.4 Å². The number of aliphatic carboxylic acids is 1. The molecule has 0 aliphatic rings. The van der Waals surface area contributed by atoms with Crippen molar-refractivity contribution in [3.8, 4) is 17.1 Å². The zero-order valence-electron chi connectivity index (χ0n) is 10.5. The Balaban J connectivity index is 2.13. The van der Waals surface area contributed by atoms with Gasteiger partial charge in [-0.15, -0.1) is 10.2 Å². The second-order valence-electron chi connectivity index (χ2n) is 3.81. The van der Waals surface area contributed by atoms with Crippen LogP contribution in [0.5, 0.6) is 5.75 Å². The van der Waals surface area contributed by atoms with E-state index in [1.54, 1.807) is 0 Å². The Bertz CT molecular complexity index is 568. The lowest BCUT2D eigenvalue weighted by Gasteiger charge is -2.03. The predicted octanol–water partition coefficient (Wildman–Crippen LogP) is 1.21. The van der Waals surface area contributed by atoms with Crippen LogP contribution >= 0.6 is 0 Å². The molecule has 0 aliphatic carbocycles. The highest BCUT2D eigenvalue weighted by molar-refractivity contribution is 5.66. The van der Waals surface area contributed by atoms with Crippen LogP contribution in [0.25, 0.3) is 11.4 Å². The molecule has 0 fully saturated rings. The van der Waals surface area contributed by atoms with Gasteiger partial charge in [0.2, 0.25) is 5.82 Å². The maximum absolute atomic E-state index is 10.5. The smallest absolute Gasteiger partial charge is 0.305 e. The molecular formula is C12H14N4O3. The minimum atomic E-state index is -0.891. The molecule has 19 heavy (non-hydrogen) atoms. The number of aryl methyl sites for hydroxylation is 1. The standard InChI is InChI=1S/C12H14N4O3/c1-2-19-10-5-3-4-9(8-10)12-13-15-16(14-12)7-6-11(17)18/h3-5,8H,2,6-7H2,1H3,(H,17,18). The van der Waals surface area contributed by atoms with Crippen LogP contribution in [0.15, 0.2) is 24.3 Å². The quantitative estimate of drug-likeness (QED) is 0.841. The normalized spacial score (nSPS) is 10.4. The number of aromatic nitrogens is 4. The van der Waals surface area contributed by atoms with Crippen LogP contribution in [0.1, 0.15) is 13.3 Å². The van der Waals surface area contributed by atoms with Crippen LogP contribution in [0.2, 0.25) is 0 Å². The second-order valence-corrected chi connectivity index (χ2v) is 3.81. The van der Waals surface area contributed by atoms with E-state index in [-0.39, 0.29) is 13.0 Å². The highest BCUT2D eigenvalue weighted by Crippen LogP contribution is 2.20. The summed E-state index contributed by atoms with van der Waals surface area (Å²) in [5, 5.41) is 20.4. The van der Waals surface area contributed by atoms with Gasteiger partial charge in [0.15, 0.2) is 0 Å². The minimum Gasteiger partial charge on any atom is -0.494 e. The lowest BCUT2D eigenvalue weighted by atomic mass is 10.2. The molecule has 0 bridgehead atoms. The van der Waals surface area contributed by atoms with Crippen molar-refractivity contribution >= 4 is 5.97 Å². The van der Waals surface area contributed by atoms with Gasteiger partial charge in [0.05, 0.1) is 19.6 Å². The van der Waals surface area contributed by atoms with Gasteiger partial charge in [-0.2, -0.15) is 4.80 Å². The molecule has 0 spiro atoms. The summed E-state index contributed by atoms with van der Waals surface area (Å²) >= 11 is 0. The number of benzene rings is 1. The Morgan fingerprint density at radius 3 is 3.05 bits per heavy atom. The fourth-order valence-corrected chi connectivity index (χ4v) is 1.54. The number of ether oxygens (including phenoxy) is 1. The molecule has 1 aromatic heterocycles. The van der Waals surface area contributed by atoms with Gasteiger partial charge in [-0.1, -0.05) is 12.1 Å². The number of carboxylic acid groups (broad SMARTS) is 1. The number of carboxylic acids is 1. The van der Waals surface area contributed by atoms with Crippen LogP contribution in [0.3, 0.4) is 0 Å². The summed E-state index contributed by atoms with van der Waals surface area (Å²) in [6, 6.07) is 7.36. The van der Waals surface area contributed by atoms with Crippen LogP contribution < -0.4 is 4.74 Å². The average Bonchev–Trinajstić information content (AvgIpc) is 2.86. The zero-order chi connectivity index (χ0) is 13.7. The van der Waals surface area contributed by atoms with E-state index in [1.165, 1.54) is 4.80 Å². The first kappa shape index (κ1) is 13.0. The molecule has 1 aromatic carbocycles. The number of nitrogens with zero attached hydrogens (tertiary/aromatic N) is 4. The first-order valence-electron chi connectivity index (χ1n) is 5.92. The Kier molecular flexibility index (Phi) is 4.07. The van der Waals surface area contributed by atoms with Crippen LogP contribution in [-0.4, -0.2) is 37.9 Å². The lowest BCUT2D eigenvalue weighted by molar-refractivity contribution is -0.137. The molecule has 2 rings (SSSR count). The summed E-state index contributed by atoms with van der Waals surface area (Å²) < 4.78 is 5.39. The van der Waals surface area contributed by atoms with Crippen LogP contribution in [0, 0.1) is 0 Å². The molecule has 1 N–H and O–H groups in total. The molecule has 7 nitrogen and oxygen atoms in total. The summed E-state index contributed by atoms with van der Waals surface area (Å²) in [7, 11) is 0. The third-order valence-corrected chi connectivity index (χ3v) is 2.38. The molecule has 0 saturated carbocycles. The molecule has 1 heterocycles. The highest BCUT2D eigenvalue weighted by Gasteiger charge is 2.08. The molecule has 100 valence electrons. The van der Waals surface area contributed by atoms with E-state index < -0.39 is 5.97 Å². The highest BCUT2D eigenvalue weighted by atomic mass is 16.5. The van der Waals surface area contributed by atoms with Gasteiger partial charge >= 0.3 is 5.97 Å². The first-order valence-corrected chi connectivity index (χ1v) is 5.92. The molecule has 7 heteroatoms. The van der Waals surface area contributed by atoms with Gasteiger partial charge in [0.25, 0.3) is 0 Å². The maximum Gasteiger partial charge on any atom is 0.305 e. The Morgan fingerprint density at radius 1 is 1.47 bits per heavy atom. The number of rotatable bonds is 6. The zero-order valence-corrected chi connectivity index (χ0v) is 10.5. The predicted molar refractivity (Wildman–Crippen MR) is 66.7 cm³/mol. The summed E-state index contributed by atoms with van der Waals surface area (Å²) in [6.45, 7) is 2.70. The van der Waals surface area contributed by atoms with Crippen molar-refractivity contribution < 1.29 is 14.6 Å². The van der Waals surface area contributed by atoms with Crippen molar-refractivity contribution in [3.05, 3.63) is 24.3 Å². The molecule has 0 unspecified atom stereocenters. The number of carbonyl (C=O) groups is 1. The van der Waals surface area contributed by atoms with Crippen molar-refractivity contribution in [2.24, 2.45) is 0 Å². The SMILES string of the molecule is CCOc1cccc(-c2nnn(CCC(=O)O)n2)c1. The van der Waals surface area contributed by atoms with Gasteiger partial charge in [-0.25, -0.2) is 0 Å². The van der Waals surface area contributed by atoms with Crippen molar-refractivity contribution in [2.75, 3.05) is 6.61 Å². The van der Waals surface area contributed by atoms with E-state index in [1.807, 2.05) is 31.2 Å². The van der Waals surface area contributed by atoms with Crippen molar-refractivity contribution in [3.63, 3.8) is 0 Å². The molecule has 0 amide bonds. The Morgan fingerprint density at radius 2 is 2.32 bits per heavy atom. The third kappa shape index (κ3) is 3.51. The fourth-order valence-electron chi connectivity index (χ4n) is 1.54. The van der Waals surface area contributed by atoms with E-state index in [0.717, 1.165) is 11.3 Å². The van der Waals surface area contributed by atoms with E-state index >= 15 is 0 Å². The summed E-state index contributed by atoms with van der Waals surface area (Å²) in [4.78, 5) is 11.7. The van der Waals surface area contributed by atoms with E-state index in [2.05, 4.69) is 15.4 Å². The number of hydrogen-bond acceptors (Lipinski definition) is 5. The topological polar surface area (TPSA) is 90.1 Å². The van der Waals surface area contributed by atoms with Gasteiger partial charge in [0.1, 0.15) is 5.75 Å². The molecule has 2 aromatic rings.